The van der Waals surface area contributed by atoms with Gasteiger partial charge in [-0.1, -0.05) is 5.16 Å². The minimum atomic E-state index is -0.0921. The average molecular weight is 253 g/mol. The minimum absolute atomic E-state index is 0.0302. The maximum atomic E-state index is 11.8. The Morgan fingerprint density at radius 3 is 2.44 bits per heavy atom. The first kappa shape index (κ1) is 14.7. The Morgan fingerprint density at radius 2 is 2.00 bits per heavy atom. The number of carbonyl (C=O) groups is 1. The molecule has 1 amide bonds. The van der Waals surface area contributed by atoms with Crippen LogP contribution in [-0.4, -0.2) is 23.1 Å². The van der Waals surface area contributed by atoms with Crippen molar-refractivity contribution >= 4 is 5.91 Å². The van der Waals surface area contributed by atoms with E-state index >= 15 is 0 Å². The summed E-state index contributed by atoms with van der Waals surface area (Å²) >= 11 is 0. The fraction of sp³-hybridized carbons (Fsp3) is 0.692. The van der Waals surface area contributed by atoms with Crippen LogP contribution in [0, 0.1) is 13.8 Å². The smallest absolute Gasteiger partial charge is 0.234 e. The van der Waals surface area contributed by atoms with Crippen molar-refractivity contribution < 1.29 is 9.32 Å². The molecule has 0 aliphatic rings. The molecule has 0 aromatic carbocycles. The number of hydrogen-bond donors (Lipinski definition) is 2. The van der Waals surface area contributed by atoms with Crippen LogP contribution in [0.3, 0.4) is 0 Å². The van der Waals surface area contributed by atoms with E-state index in [1.54, 1.807) is 0 Å². The van der Waals surface area contributed by atoms with Gasteiger partial charge in [-0.25, -0.2) is 0 Å². The first-order chi connectivity index (χ1) is 8.20. The molecule has 1 heterocycles. The first-order valence-electron chi connectivity index (χ1n) is 6.18. The molecule has 5 heteroatoms. The van der Waals surface area contributed by atoms with E-state index in [4.69, 9.17) is 4.52 Å². The van der Waals surface area contributed by atoms with Crippen LogP contribution >= 0.6 is 0 Å². The molecule has 2 N–H and O–H groups in total. The third-order valence-corrected chi connectivity index (χ3v) is 2.68. The summed E-state index contributed by atoms with van der Waals surface area (Å²) in [7, 11) is 0. The second-order valence-electron chi connectivity index (χ2n) is 5.63. The molecule has 5 nitrogen and oxygen atoms in total. The van der Waals surface area contributed by atoms with Gasteiger partial charge in [0.15, 0.2) is 0 Å². The van der Waals surface area contributed by atoms with E-state index < -0.39 is 0 Å². The number of aryl methyl sites for hydroxylation is 2. The second-order valence-corrected chi connectivity index (χ2v) is 5.63. The Hall–Kier alpha value is -1.36. The lowest BCUT2D eigenvalue weighted by Crippen LogP contribution is -2.43. The summed E-state index contributed by atoms with van der Waals surface area (Å²) in [5.74, 6) is 0.724. The number of aromatic nitrogens is 1. The van der Waals surface area contributed by atoms with Crippen molar-refractivity contribution in [3.05, 3.63) is 17.0 Å². The SMILES string of the molecule is Cc1noc(C)c1C(C)NC(=O)CNC(C)(C)C. The van der Waals surface area contributed by atoms with Gasteiger partial charge >= 0.3 is 0 Å². The number of amides is 1. The summed E-state index contributed by atoms with van der Waals surface area (Å²) < 4.78 is 5.10. The molecule has 1 unspecified atom stereocenters. The van der Waals surface area contributed by atoms with Crippen molar-refractivity contribution in [3.8, 4) is 0 Å². The lowest BCUT2D eigenvalue weighted by molar-refractivity contribution is -0.121. The summed E-state index contributed by atoms with van der Waals surface area (Å²) in [5.41, 5.74) is 1.71. The van der Waals surface area contributed by atoms with Gasteiger partial charge in [-0.2, -0.15) is 0 Å². The van der Waals surface area contributed by atoms with Gasteiger partial charge in [0.25, 0.3) is 0 Å². The van der Waals surface area contributed by atoms with E-state index in [0.29, 0.717) is 6.54 Å². The summed E-state index contributed by atoms with van der Waals surface area (Å²) in [5, 5.41) is 9.97. The van der Waals surface area contributed by atoms with Crippen molar-refractivity contribution in [2.75, 3.05) is 6.54 Å². The molecule has 0 bridgehead atoms. The number of nitrogens with zero attached hydrogens (tertiary/aromatic N) is 1. The van der Waals surface area contributed by atoms with Crippen LogP contribution in [0.15, 0.2) is 4.52 Å². The Morgan fingerprint density at radius 1 is 1.39 bits per heavy atom. The van der Waals surface area contributed by atoms with E-state index in [1.165, 1.54) is 0 Å². The van der Waals surface area contributed by atoms with Crippen LogP contribution in [0.25, 0.3) is 0 Å². The Balaban J connectivity index is 2.55. The van der Waals surface area contributed by atoms with Gasteiger partial charge in [-0.3, -0.25) is 4.79 Å². The van der Waals surface area contributed by atoms with Gasteiger partial charge in [-0.05, 0) is 41.5 Å². The van der Waals surface area contributed by atoms with Crippen LogP contribution in [0.4, 0.5) is 0 Å². The maximum Gasteiger partial charge on any atom is 0.234 e. The van der Waals surface area contributed by atoms with Gasteiger partial charge in [0.1, 0.15) is 5.76 Å². The molecule has 0 aliphatic heterocycles. The Labute approximate surface area is 108 Å². The number of hydrogen-bond acceptors (Lipinski definition) is 4. The zero-order valence-corrected chi connectivity index (χ0v) is 12.0. The van der Waals surface area contributed by atoms with Crippen LogP contribution in [-0.2, 0) is 4.79 Å². The fourth-order valence-electron chi connectivity index (χ4n) is 1.82. The highest BCUT2D eigenvalue weighted by Gasteiger charge is 2.19. The summed E-state index contributed by atoms with van der Waals surface area (Å²) in [6, 6.07) is -0.0921. The van der Waals surface area contributed by atoms with Gasteiger partial charge in [0.05, 0.1) is 18.3 Å². The second kappa shape index (κ2) is 5.52. The number of carbonyl (C=O) groups excluding carboxylic acids is 1. The van der Waals surface area contributed by atoms with Crippen molar-refractivity contribution in [3.63, 3.8) is 0 Å². The van der Waals surface area contributed by atoms with E-state index in [9.17, 15) is 4.79 Å². The normalized spacial score (nSPS) is 13.4. The largest absolute Gasteiger partial charge is 0.361 e. The number of rotatable bonds is 4. The fourth-order valence-corrected chi connectivity index (χ4v) is 1.82. The van der Waals surface area contributed by atoms with Crippen LogP contribution < -0.4 is 10.6 Å². The highest BCUT2D eigenvalue weighted by molar-refractivity contribution is 5.78. The summed E-state index contributed by atoms with van der Waals surface area (Å²) in [6.45, 7) is 12.0. The molecule has 102 valence electrons. The highest BCUT2D eigenvalue weighted by atomic mass is 16.5. The molecule has 0 radical (unpaired) electrons. The van der Waals surface area contributed by atoms with Gasteiger partial charge in [-0.15, -0.1) is 0 Å². The molecule has 1 rings (SSSR count). The van der Waals surface area contributed by atoms with Gasteiger partial charge < -0.3 is 15.2 Å². The topological polar surface area (TPSA) is 67.2 Å². The zero-order valence-electron chi connectivity index (χ0n) is 12.0. The average Bonchev–Trinajstić information content (AvgIpc) is 2.54. The molecule has 0 saturated carbocycles. The predicted octanol–water partition coefficient (Wildman–Crippen LogP) is 1.86. The standard InChI is InChI=1S/C13H23N3O2/c1-8(12-9(2)16-18-10(12)3)15-11(17)7-14-13(4,5)6/h8,14H,7H2,1-6H3,(H,15,17). The van der Waals surface area contributed by atoms with E-state index in [1.807, 2.05) is 41.5 Å². The minimum Gasteiger partial charge on any atom is -0.361 e. The molecular weight excluding hydrogens is 230 g/mol. The number of nitrogens with one attached hydrogen (secondary N) is 2. The van der Waals surface area contributed by atoms with Crippen LogP contribution in [0.5, 0.6) is 0 Å². The molecular formula is C13H23N3O2. The molecule has 1 aromatic rings. The maximum absolute atomic E-state index is 11.8. The quantitative estimate of drug-likeness (QED) is 0.859. The van der Waals surface area contributed by atoms with Crippen molar-refractivity contribution in [1.29, 1.82) is 0 Å². The van der Waals surface area contributed by atoms with E-state index in [-0.39, 0.29) is 17.5 Å². The molecule has 1 aromatic heterocycles. The van der Waals surface area contributed by atoms with E-state index in [2.05, 4.69) is 15.8 Å². The Kier molecular flexibility index (Phi) is 4.51. The summed E-state index contributed by atoms with van der Waals surface area (Å²) in [6.07, 6.45) is 0. The van der Waals surface area contributed by atoms with Crippen molar-refractivity contribution in [2.45, 2.75) is 53.1 Å². The van der Waals surface area contributed by atoms with Crippen molar-refractivity contribution in [2.24, 2.45) is 0 Å². The third kappa shape index (κ3) is 4.14. The lowest BCUT2D eigenvalue weighted by Gasteiger charge is -2.21. The predicted molar refractivity (Wildman–Crippen MR) is 70.3 cm³/mol. The Bertz CT molecular complexity index is 399. The zero-order chi connectivity index (χ0) is 13.9. The molecule has 1 atom stereocenters. The molecule has 0 spiro atoms. The molecule has 18 heavy (non-hydrogen) atoms. The molecule has 0 aliphatic carbocycles. The van der Waals surface area contributed by atoms with Crippen LogP contribution in [0.1, 0.15) is 50.8 Å². The van der Waals surface area contributed by atoms with E-state index in [0.717, 1.165) is 17.0 Å². The van der Waals surface area contributed by atoms with Gasteiger partial charge in [0.2, 0.25) is 5.91 Å². The molecule has 0 saturated heterocycles. The first-order valence-corrected chi connectivity index (χ1v) is 6.18. The monoisotopic (exact) mass is 253 g/mol. The highest BCUT2D eigenvalue weighted by Crippen LogP contribution is 2.20. The van der Waals surface area contributed by atoms with Gasteiger partial charge in [0, 0.05) is 11.1 Å². The lowest BCUT2D eigenvalue weighted by atomic mass is 10.1. The summed E-state index contributed by atoms with van der Waals surface area (Å²) in [4.78, 5) is 11.8. The molecule has 0 fully saturated rings. The van der Waals surface area contributed by atoms with Crippen molar-refractivity contribution in [1.82, 2.24) is 15.8 Å². The third-order valence-electron chi connectivity index (χ3n) is 2.68. The van der Waals surface area contributed by atoms with Crippen LogP contribution in [0.2, 0.25) is 0 Å².